The summed E-state index contributed by atoms with van der Waals surface area (Å²) in [5.41, 5.74) is 1.05. The number of likely N-dealkylation sites (N-methyl/N-ethyl adjacent to an activating group) is 1. The molecule has 1 saturated heterocycles. The highest BCUT2D eigenvalue weighted by Crippen LogP contribution is 2.22. The van der Waals surface area contributed by atoms with Gasteiger partial charge in [0.15, 0.2) is 11.7 Å². The molecule has 2 heterocycles. The van der Waals surface area contributed by atoms with Gasteiger partial charge in [0.05, 0.1) is 5.69 Å². The van der Waals surface area contributed by atoms with Gasteiger partial charge in [0.25, 0.3) is 0 Å². The molecule has 2 rings (SSSR count). The Balaban J connectivity index is 1.81. The number of aliphatic imine (C=N–C) groups is 1. The first-order chi connectivity index (χ1) is 13.5. The van der Waals surface area contributed by atoms with Crippen molar-refractivity contribution in [2.45, 2.75) is 53.0 Å². The van der Waals surface area contributed by atoms with Gasteiger partial charge in [-0.05, 0) is 32.7 Å². The third-order valence-electron chi connectivity index (χ3n) is 5.50. The second-order valence-electron chi connectivity index (χ2n) is 8.02. The van der Waals surface area contributed by atoms with Crippen LogP contribution in [0.25, 0.3) is 0 Å². The van der Waals surface area contributed by atoms with Gasteiger partial charge in [-0.3, -0.25) is 0 Å². The molecule has 1 aliphatic heterocycles. The Morgan fingerprint density at radius 3 is 2.54 bits per heavy atom. The fourth-order valence-electron chi connectivity index (χ4n) is 3.61. The van der Waals surface area contributed by atoms with Gasteiger partial charge in [-0.25, -0.2) is 4.99 Å². The summed E-state index contributed by atoms with van der Waals surface area (Å²) >= 11 is 0. The van der Waals surface area contributed by atoms with Crippen LogP contribution >= 0.6 is 0 Å². The monoisotopic (exact) mass is 392 g/mol. The van der Waals surface area contributed by atoms with Crippen molar-refractivity contribution in [1.82, 2.24) is 25.6 Å². The number of aromatic nitrogens is 1. The molecule has 160 valence electrons. The van der Waals surface area contributed by atoms with Crippen LogP contribution in [0.1, 0.15) is 57.9 Å². The second-order valence-corrected chi connectivity index (χ2v) is 8.02. The van der Waals surface area contributed by atoms with E-state index in [0.717, 1.165) is 49.9 Å². The highest BCUT2D eigenvalue weighted by atomic mass is 16.5. The van der Waals surface area contributed by atoms with Crippen molar-refractivity contribution in [3.8, 4) is 0 Å². The Bertz CT molecular complexity index is 575. The van der Waals surface area contributed by atoms with E-state index in [9.17, 15) is 0 Å². The molecule has 1 aliphatic rings. The maximum Gasteiger partial charge on any atom is 0.191 e. The Hall–Kier alpha value is -1.60. The van der Waals surface area contributed by atoms with Gasteiger partial charge in [0.2, 0.25) is 0 Å². The molecule has 1 aromatic heterocycles. The smallest absolute Gasteiger partial charge is 0.191 e. The molecule has 0 spiro atoms. The number of nitrogens with zero attached hydrogens (tertiary/aromatic N) is 4. The van der Waals surface area contributed by atoms with Crippen molar-refractivity contribution < 1.29 is 4.52 Å². The zero-order chi connectivity index (χ0) is 20.4. The van der Waals surface area contributed by atoms with Crippen LogP contribution in [0.5, 0.6) is 0 Å². The molecule has 1 aromatic rings. The average molecular weight is 393 g/mol. The molecule has 7 nitrogen and oxygen atoms in total. The number of hydrogen-bond donors (Lipinski definition) is 2. The van der Waals surface area contributed by atoms with E-state index >= 15 is 0 Å². The topological polar surface area (TPSA) is 68.9 Å². The van der Waals surface area contributed by atoms with Crippen molar-refractivity contribution in [1.29, 1.82) is 0 Å². The molecular weight excluding hydrogens is 352 g/mol. The van der Waals surface area contributed by atoms with Crippen LogP contribution in [0.15, 0.2) is 15.6 Å². The van der Waals surface area contributed by atoms with Crippen LogP contribution < -0.4 is 10.6 Å². The van der Waals surface area contributed by atoms with E-state index < -0.39 is 0 Å². The SMILES string of the molecule is CCNC(=NCc1cc(C(CC)CC)no1)NCC(C)CN1CCN(C)CC1. The zero-order valence-corrected chi connectivity index (χ0v) is 18.5. The molecule has 0 amide bonds. The summed E-state index contributed by atoms with van der Waals surface area (Å²) in [6.07, 6.45) is 2.17. The maximum absolute atomic E-state index is 5.49. The minimum Gasteiger partial charge on any atom is -0.359 e. The molecule has 7 heteroatoms. The van der Waals surface area contributed by atoms with Crippen LogP contribution in [0.2, 0.25) is 0 Å². The molecule has 1 atom stereocenters. The Morgan fingerprint density at radius 1 is 1.18 bits per heavy atom. The van der Waals surface area contributed by atoms with Crippen LogP contribution in [0.3, 0.4) is 0 Å². The van der Waals surface area contributed by atoms with Crippen molar-refractivity contribution in [3.05, 3.63) is 17.5 Å². The fourth-order valence-corrected chi connectivity index (χ4v) is 3.61. The molecule has 2 N–H and O–H groups in total. The fraction of sp³-hybridized carbons (Fsp3) is 0.810. The number of nitrogens with one attached hydrogen (secondary N) is 2. The summed E-state index contributed by atoms with van der Waals surface area (Å²) in [6.45, 7) is 16.8. The van der Waals surface area contributed by atoms with E-state index in [1.165, 1.54) is 26.2 Å². The average Bonchev–Trinajstić information content (AvgIpc) is 3.15. The zero-order valence-electron chi connectivity index (χ0n) is 18.5. The number of piperazine rings is 1. The van der Waals surface area contributed by atoms with Crippen molar-refractivity contribution in [2.24, 2.45) is 10.9 Å². The van der Waals surface area contributed by atoms with Crippen molar-refractivity contribution >= 4 is 5.96 Å². The van der Waals surface area contributed by atoms with Gasteiger partial charge in [0, 0.05) is 57.8 Å². The first-order valence-corrected chi connectivity index (χ1v) is 10.9. The summed E-state index contributed by atoms with van der Waals surface area (Å²) in [6, 6.07) is 2.06. The molecule has 0 bridgehead atoms. The lowest BCUT2D eigenvalue weighted by Crippen LogP contribution is -2.47. The molecule has 0 radical (unpaired) electrons. The van der Waals surface area contributed by atoms with E-state index in [-0.39, 0.29) is 0 Å². The lowest BCUT2D eigenvalue weighted by atomic mass is 9.99. The first-order valence-electron chi connectivity index (χ1n) is 10.9. The van der Waals surface area contributed by atoms with Gasteiger partial charge in [-0.2, -0.15) is 0 Å². The molecule has 28 heavy (non-hydrogen) atoms. The lowest BCUT2D eigenvalue weighted by Gasteiger charge is -2.34. The lowest BCUT2D eigenvalue weighted by molar-refractivity contribution is 0.139. The summed E-state index contributed by atoms with van der Waals surface area (Å²) in [7, 11) is 2.20. The Labute approximate surface area is 170 Å². The Morgan fingerprint density at radius 2 is 1.89 bits per heavy atom. The predicted molar refractivity (Wildman–Crippen MR) is 116 cm³/mol. The summed E-state index contributed by atoms with van der Waals surface area (Å²) in [5.74, 6) is 2.71. The molecule has 1 unspecified atom stereocenters. The number of guanidine groups is 1. The second kappa shape index (κ2) is 12.1. The molecule has 0 saturated carbocycles. The van der Waals surface area contributed by atoms with E-state index in [2.05, 4.69) is 71.4 Å². The highest BCUT2D eigenvalue weighted by molar-refractivity contribution is 5.79. The van der Waals surface area contributed by atoms with E-state index in [0.29, 0.717) is 18.4 Å². The van der Waals surface area contributed by atoms with Gasteiger partial charge in [-0.15, -0.1) is 0 Å². The van der Waals surface area contributed by atoms with Crippen molar-refractivity contribution in [2.75, 3.05) is 52.9 Å². The molecule has 1 fully saturated rings. The minimum absolute atomic E-state index is 0.475. The minimum atomic E-state index is 0.475. The Kier molecular flexibility index (Phi) is 9.78. The number of rotatable bonds is 10. The quantitative estimate of drug-likeness (QED) is 0.471. The number of hydrogen-bond acceptors (Lipinski definition) is 5. The molecule has 0 aliphatic carbocycles. The van der Waals surface area contributed by atoms with Crippen LogP contribution in [-0.4, -0.2) is 73.8 Å². The third-order valence-corrected chi connectivity index (χ3v) is 5.50. The molecular formula is C21H40N6O. The summed E-state index contributed by atoms with van der Waals surface area (Å²) in [4.78, 5) is 9.63. The van der Waals surface area contributed by atoms with Gasteiger partial charge in [0.1, 0.15) is 6.54 Å². The van der Waals surface area contributed by atoms with E-state index in [4.69, 9.17) is 4.52 Å². The maximum atomic E-state index is 5.49. The highest BCUT2D eigenvalue weighted by Gasteiger charge is 2.16. The van der Waals surface area contributed by atoms with Gasteiger partial charge >= 0.3 is 0 Å². The predicted octanol–water partition coefficient (Wildman–Crippen LogP) is 2.52. The summed E-state index contributed by atoms with van der Waals surface area (Å²) in [5, 5.41) is 11.0. The summed E-state index contributed by atoms with van der Waals surface area (Å²) < 4.78 is 5.49. The van der Waals surface area contributed by atoms with Gasteiger partial charge in [-0.1, -0.05) is 25.9 Å². The van der Waals surface area contributed by atoms with Crippen LogP contribution in [0, 0.1) is 5.92 Å². The van der Waals surface area contributed by atoms with Crippen molar-refractivity contribution in [3.63, 3.8) is 0 Å². The normalized spacial score (nSPS) is 17.9. The molecule has 0 aromatic carbocycles. The van der Waals surface area contributed by atoms with Crippen LogP contribution in [-0.2, 0) is 6.54 Å². The van der Waals surface area contributed by atoms with E-state index in [1.807, 2.05) is 0 Å². The van der Waals surface area contributed by atoms with Crippen LogP contribution in [0.4, 0.5) is 0 Å². The standard InChI is InChI=1S/C21H40N6O/c1-6-18(7-2)20-13-19(28-25-20)15-24-21(22-8-3)23-14-17(4)16-27-11-9-26(5)10-12-27/h13,17-18H,6-12,14-16H2,1-5H3,(H2,22,23,24). The van der Waals surface area contributed by atoms with Gasteiger partial charge < -0.3 is 25.0 Å². The largest absolute Gasteiger partial charge is 0.359 e. The third kappa shape index (κ3) is 7.43. The van der Waals surface area contributed by atoms with E-state index in [1.54, 1.807) is 0 Å². The first kappa shape index (κ1) is 22.7.